The molecule has 0 heterocycles. The van der Waals surface area contributed by atoms with E-state index in [9.17, 15) is 14.0 Å². The molecule has 2 rings (SSSR count). The minimum absolute atomic E-state index is 0.0448. The molecule has 2 N–H and O–H groups in total. The average Bonchev–Trinajstić information content (AvgIpc) is 2.31. The second kappa shape index (κ2) is 5.79. The highest BCUT2D eigenvalue weighted by molar-refractivity contribution is 6.33. The van der Waals surface area contributed by atoms with E-state index in [-0.39, 0.29) is 22.4 Å². The third kappa shape index (κ3) is 3.28. The number of carboxylic acids is 1. The van der Waals surface area contributed by atoms with Crippen molar-refractivity contribution in [2.75, 3.05) is 6.54 Å². The van der Waals surface area contributed by atoms with Gasteiger partial charge in [-0.25, -0.2) is 4.39 Å². The fourth-order valence-corrected chi connectivity index (χ4v) is 2.70. The van der Waals surface area contributed by atoms with Crippen molar-refractivity contribution in [1.29, 1.82) is 0 Å². The van der Waals surface area contributed by atoms with Gasteiger partial charge < -0.3 is 10.4 Å². The lowest BCUT2D eigenvalue weighted by atomic mass is 9.66. The molecule has 1 saturated carbocycles. The molecule has 0 aromatic heterocycles. The first-order chi connectivity index (χ1) is 9.42. The van der Waals surface area contributed by atoms with Gasteiger partial charge >= 0.3 is 5.97 Å². The highest BCUT2D eigenvalue weighted by atomic mass is 35.5. The molecule has 0 bridgehead atoms. The molecular weight excluding hydrogens is 285 g/mol. The Balaban J connectivity index is 1.99. The van der Waals surface area contributed by atoms with Crippen molar-refractivity contribution in [1.82, 2.24) is 5.32 Å². The number of halogens is 2. The molecule has 1 aliphatic carbocycles. The van der Waals surface area contributed by atoms with Crippen molar-refractivity contribution >= 4 is 23.5 Å². The summed E-state index contributed by atoms with van der Waals surface area (Å²) in [5.41, 5.74) is -0.161. The second-order valence-electron chi connectivity index (χ2n) is 5.23. The third-order valence-corrected chi connectivity index (χ3v) is 4.05. The van der Waals surface area contributed by atoms with E-state index in [4.69, 9.17) is 16.7 Å². The number of rotatable bonds is 5. The van der Waals surface area contributed by atoms with Crippen LogP contribution in [0.3, 0.4) is 0 Å². The lowest BCUT2D eigenvalue weighted by Crippen LogP contribution is -2.43. The molecule has 20 heavy (non-hydrogen) atoms. The maximum absolute atomic E-state index is 12.9. The first kappa shape index (κ1) is 14.8. The number of hydrogen-bond acceptors (Lipinski definition) is 2. The van der Waals surface area contributed by atoms with E-state index >= 15 is 0 Å². The molecule has 1 amide bonds. The first-order valence-corrected chi connectivity index (χ1v) is 6.75. The fourth-order valence-electron chi connectivity index (χ4n) is 2.45. The zero-order chi connectivity index (χ0) is 14.8. The van der Waals surface area contributed by atoms with Crippen LogP contribution in [0.4, 0.5) is 4.39 Å². The number of carboxylic acid groups (broad SMARTS) is 1. The van der Waals surface area contributed by atoms with Crippen LogP contribution in [-0.2, 0) is 4.79 Å². The summed E-state index contributed by atoms with van der Waals surface area (Å²) in [6.07, 6.45) is 2.60. The average molecular weight is 300 g/mol. The number of carbonyl (C=O) groups is 2. The van der Waals surface area contributed by atoms with Gasteiger partial charge in [0.25, 0.3) is 5.91 Å². The lowest BCUT2D eigenvalue weighted by molar-refractivity contribution is -0.141. The molecule has 0 spiro atoms. The monoisotopic (exact) mass is 299 g/mol. The van der Waals surface area contributed by atoms with E-state index in [1.54, 1.807) is 0 Å². The molecule has 0 atom stereocenters. The molecule has 0 saturated heterocycles. The Bertz CT molecular complexity index is 543. The summed E-state index contributed by atoms with van der Waals surface area (Å²) in [5.74, 6) is -1.78. The van der Waals surface area contributed by atoms with Crippen LogP contribution in [0.1, 0.15) is 36.0 Å². The van der Waals surface area contributed by atoms with E-state index in [1.807, 2.05) is 0 Å². The Morgan fingerprint density at radius 1 is 1.40 bits per heavy atom. The van der Waals surface area contributed by atoms with E-state index in [1.165, 1.54) is 6.07 Å². The van der Waals surface area contributed by atoms with Crippen LogP contribution in [0.5, 0.6) is 0 Å². The summed E-state index contributed by atoms with van der Waals surface area (Å²) in [6.45, 7) is 0.297. The Labute approximate surface area is 120 Å². The van der Waals surface area contributed by atoms with Crippen molar-refractivity contribution in [3.8, 4) is 0 Å². The minimum Gasteiger partial charge on any atom is -0.481 e. The molecular formula is C14H15ClFNO3. The van der Waals surface area contributed by atoms with Gasteiger partial charge in [0.2, 0.25) is 0 Å². The molecule has 1 aliphatic rings. The molecule has 0 unspecified atom stereocenters. The van der Waals surface area contributed by atoms with Crippen molar-refractivity contribution in [3.05, 3.63) is 34.6 Å². The van der Waals surface area contributed by atoms with Gasteiger partial charge in [-0.2, -0.15) is 0 Å². The zero-order valence-electron chi connectivity index (χ0n) is 10.8. The van der Waals surface area contributed by atoms with Crippen LogP contribution >= 0.6 is 11.6 Å². The Kier molecular flexibility index (Phi) is 4.28. The molecule has 4 nitrogen and oxygen atoms in total. The number of carbonyl (C=O) groups excluding carboxylic acids is 1. The van der Waals surface area contributed by atoms with Gasteiger partial charge in [0, 0.05) is 6.54 Å². The number of aliphatic carboxylic acids is 1. The molecule has 1 fully saturated rings. The van der Waals surface area contributed by atoms with E-state index in [0.717, 1.165) is 31.4 Å². The zero-order valence-corrected chi connectivity index (χ0v) is 11.5. The van der Waals surface area contributed by atoms with Gasteiger partial charge in [0.05, 0.1) is 17.0 Å². The summed E-state index contributed by atoms with van der Waals surface area (Å²) < 4.78 is 12.9. The maximum atomic E-state index is 12.9. The normalized spacial score (nSPS) is 16.3. The number of nitrogens with one attached hydrogen (secondary N) is 1. The maximum Gasteiger partial charge on any atom is 0.303 e. The summed E-state index contributed by atoms with van der Waals surface area (Å²) in [7, 11) is 0. The van der Waals surface area contributed by atoms with Gasteiger partial charge in [0.15, 0.2) is 0 Å². The van der Waals surface area contributed by atoms with Gasteiger partial charge in [-0.15, -0.1) is 0 Å². The standard InChI is InChI=1S/C14H15ClFNO3/c15-11-6-9(16)2-3-10(11)13(20)17-8-14(4-1-5-14)7-12(18)19/h2-3,6H,1,4-5,7-8H2,(H,17,20)(H,18,19). The largest absolute Gasteiger partial charge is 0.481 e. The predicted molar refractivity (Wildman–Crippen MR) is 72.3 cm³/mol. The summed E-state index contributed by atoms with van der Waals surface area (Å²) in [4.78, 5) is 22.8. The van der Waals surface area contributed by atoms with Gasteiger partial charge in [0.1, 0.15) is 5.82 Å². The molecule has 0 radical (unpaired) electrons. The Hall–Kier alpha value is -1.62. The molecule has 108 valence electrons. The topological polar surface area (TPSA) is 66.4 Å². The van der Waals surface area contributed by atoms with Crippen molar-refractivity contribution in [3.63, 3.8) is 0 Å². The van der Waals surface area contributed by atoms with Gasteiger partial charge in [-0.3, -0.25) is 9.59 Å². The SMILES string of the molecule is O=C(O)CC1(CNC(=O)c2ccc(F)cc2Cl)CCC1. The highest BCUT2D eigenvalue weighted by Gasteiger charge is 2.39. The van der Waals surface area contributed by atoms with Gasteiger partial charge in [-0.05, 0) is 36.5 Å². The lowest BCUT2D eigenvalue weighted by Gasteiger charge is -2.40. The van der Waals surface area contributed by atoms with Crippen LogP contribution < -0.4 is 5.32 Å². The minimum atomic E-state index is -0.862. The molecule has 1 aromatic carbocycles. The van der Waals surface area contributed by atoms with Crippen LogP contribution in [0, 0.1) is 11.2 Å². The molecule has 6 heteroatoms. The Morgan fingerprint density at radius 2 is 2.10 bits per heavy atom. The van der Waals surface area contributed by atoms with E-state index in [0.29, 0.717) is 6.54 Å². The van der Waals surface area contributed by atoms with E-state index in [2.05, 4.69) is 5.32 Å². The van der Waals surface area contributed by atoms with Crippen LogP contribution in [-0.4, -0.2) is 23.5 Å². The van der Waals surface area contributed by atoms with Gasteiger partial charge in [-0.1, -0.05) is 18.0 Å². The number of benzene rings is 1. The summed E-state index contributed by atoms with van der Waals surface area (Å²) >= 11 is 5.81. The molecule has 1 aromatic rings. The highest BCUT2D eigenvalue weighted by Crippen LogP contribution is 2.43. The number of amides is 1. The summed E-state index contributed by atoms with van der Waals surface area (Å²) in [6, 6.07) is 3.56. The van der Waals surface area contributed by atoms with Crippen molar-refractivity contribution < 1.29 is 19.1 Å². The second-order valence-corrected chi connectivity index (χ2v) is 5.64. The van der Waals surface area contributed by atoms with E-state index < -0.39 is 17.7 Å². The number of hydrogen-bond donors (Lipinski definition) is 2. The first-order valence-electron chi connectivity index (χ1n) is 6.37. The Morgan fingerprint density at radius 3 is 2.60 bits per heavy atom. The van der Waals surface area contributed by atoms with Crippen molar-refractivity contribution in [2.45, 2.75) is 25.7 Å². The predicted octanol–water partition coefficient (Wildman–Crippen LogP) is 2.85. The quantitative estimate of drug-likeness (QED) is 0.878. The van der Waals surface area contributed by atoms with Crippen LogP contribution in [0.2, 0.25) is 5.02 Å². The summed E-state index contributed by atoms with van der Waals surface area (Å²) in [5, 5.41) is 11.6. The van der Waals surface area contributed by atoms with Crippen molar-refractivity contribution in [2.24, 2.45) is 5.41 Å². The molecule has 0 aliphatic heterocycles. The fraction of sp³-hybridized carbons (Fsp3) is 0.429. The smallest absolute Gasteiger partial charge is 0.303 e. The van der Waals surface area contributed by atoms with Crippen LogP contribution in [0.25, 0.3) is 0 Å². The van der Waals surface area contributed by atoms with Crippen LogP contribution in [0.15, 0.2) is 18.2 Å². The third-order valence-electron chi connectivity index (χ3n) is 3.74.